The van der Waals surface area contributed by atoms with E-state index in [4.69, 9.17) is 4.74 Å². The first-order valence-electron chi connectivity index (χ1n) is 9.01. The van der Waals surface area contributed by atoms with Crippen LogP contribution in [-0.4, -0.2) is 40.1 Å². The zero-order valence-corrected chi connectivity index (χ0v) is 15.2. The molecule has 29 heavy (non-hydrogen) atoms. The molecule has 1 unspecified atom stereocenters. The number of hydrogen-bond acceptors (Lipinski definition) is 4. The van der Waals surface area contributed by atoms with Gasteiger partial charge in [-0.2, -0.15) is 13.2 Å². The van der Waals surface area contributed by atoms with Crippen molar-refractivity contribution in [2.24, 2.45) is 0 Å². The molecular weight excluding hydrogens is 385 g/mol. The maximum absolute atomic E-state index is 13.1. The molecule has 150 valence electrons. The lowest BCUT2D eigenvalue weighted by Crippen LogP contribution is -2.35. The molecule has 0 radical (unpaired) electrons. The highest BCUT2D eigenvalue weighted by Gasteiger charge is 2.35. The lowest BCUT2D eigenvalue weighted by Gasteiger charge is -2.19. The smallest absolute Gasteiger partial charge is 0.418 e. The zero-order valence-electron chi connectivity index (χ0n) is 15.2. The van der Waals surface area contributed by atoms with E-state index in [0.29, 0.717) is 24.4 Å². The van der Waals surface area contributed by atoms with E-state index in [2.05, 4.69) is 15.3 Å². The third-order valence-corrected chi connectivity index (χ3v) is 4.62. The Morgan fingerprint density at radius 2 is 1.83 bits per heavy atom. The molecule has 6 nitrogen and oxygen atoms in total. The third-order valence-electron chi connectivity index (χ3n) is 4.62. The monoisotopic (exact) mass is 402 g/mol. The summed E-state index contributed by atoms with van der Waals surface area (Å²) in [6.07, 6.45) is -2.79. The summed E-state index contributed by atoms with van der Waals surface area (Å²) in [6, 6.07) is 11.7. The van der Waals surface area contributed by atoms with E-state index >= 15 is 0 Å². The van der Waals surface area contributed by atoms with Gasteiger partial charge in [0.15, 0.2) is 0 Å². The summed E-state index contributed by atoms with van der Waals surface area (Å²) in [5, 5.41) is 2.35. The summed E-state index contributed by atoms with van der Waals surface area (Å²) < 4.78 is 45.1. The van der Waals surface area contributed by atoms with E-state index in [1.54, 1.807) is 0 Å². The van der Waals surface area contributed by atoms with Crippen LogP contribution in [0.25, 0.3) is 11.0 Å². The number of nitrogens with one attached hydrogen (secondary N) is 1. The zero-order chi connectivity index (χ0) is 20.4. The Kier molecular flexibility index (Phi) is 4.96. The van der Waals surface area contributed by atoms with Crippen LogP contribution in [0.1, 0.15) is 12.0 Å². The van der Waals surface area contributed by atoms with Gasteiger partial charge in [0.2, 0.25) is 5.88 Å². The number of benzene rings is 2. The Balaban J connectivity index is 1.40. The summed E-state index contributed by atoms with van der Waals surface area (Å²) in [5.41, 5.74) is 0.290. The minimum atomic E-state index is -4.55. The van der Waals surface area contributed by atoms with Gasteiger partial charge in [-0.3, -0.25) is 0 Å². The standard InChI is InChI=1S/C20H17F3N4O2/c21-20(22,23)14-5-1-2-6-15(14)26-19(28)27-10-9-13(12-27)29-18-11-24-16-7-3-4-8-17(16)25-18/h1-8,11,13H,9-10,12H2,(H,26,28). The van der Waals surface area contributed by atoms with Gasteiger partial charge in [0.25, 0.3) is 0 Å². The number of rotatable bonds is 3. The average molecular weight is 402 g/mol. The molecule has 1 N–H and O–H groups in total. The molecule has 1 aromatic heterocycles. The van der Waals surface area contributed by atoms with Crippen LogP contribution in [0.4, 0.5) is 23.7 Å². The van der Waals surface area contributed by atoms with Crippen LogP contribution in [0.5, 0.6) is 5.88 Å². The van der Waals surface area contributed by atoms with E-state index in [0.717, 1.165) is 11.6 Å². The van der Waals surface area contributed by atoms with Crippen molar-refractivity contribution in [1.29, 1.82) is 0 Å². The van der Waals surface area contributed by atoms with Crippen molar-refractivity contribution >= 4 is 22.8 Å². The molecule has 2 heterocycles. The predicted octanol–water partition coefficient (Wildman–Crippen LogP) is 4.33. The van der Waals surface area contributed by atoms with Gasteiger partial charge in [0.05, 0.1) is 35.0 Å². The number of carbonyl (C=O) groups is 1. The number of para-hydroxylation sites is 3. The maximum Gasteiger partial charge on any atom is 0.418 e. The molecule has 0 saturated carbocycles. The number of hydrogen-bond donors (Lipinski definition) is 1. The number of ether oxygens (including phenoxy) is 1. The van der Waals surface area contributed by atoms with Crippen molar-refractivity contribution in [3.05, 3.63) is 60.3 Å². The van der Waals surface area contributed by atoms with E-state index in [-0.39, 0.29) is 18.3 Å². The van der Waals surface area contributed by atoms with Gasteiger partial charge < -0.3 is 15.0 Å². The van der Waals surface area contributed by atoms with Crippen molar-refractivity contribution < 1.29 is 22.7 Å². The molecule has 2 amide bonds. The number of urea groups is 1. The Morgan fingerprint density at radius 3 is 2.62 bits per heavy atom. The summed E-state index contributed by atoms with van der Waals surface area (Å²) in [4.78, 5) is 22.5. The highest BCUT2D eigenvalue weighted by molar-refractivity contribution is 5.90. The number of aromatic nitrogens is 2. The minimum Gasteiger partial charge on any atom is -0.471 e. The first-order valence-corrected chi connectivity index (χ1v) is 9.01. The number of amides is 2. The fourth-order valence-electron chi connectivity index (χ4n) is 3.21. The third kappa shape index (κ3) is 4.23. The highest BCUT2D eigenvalue weighted by atomic mass is 19.4. The largest absolute Gasteiger partial charge is 0.471 e. The van der Waals surface area contributed by atoms with E-state index < -0.39 is 17.8 Å². The van der Waals surface area contributed by atoms with Gasteiger partial charge in [-0.05, 0) is 24.3 Å². The lowest BCUT2D eigenvalue weighted by atomic mass is 10.1. The maximum atomic E-state index is 13.1. The molecule has 1 atom stereocenters. The number of anilines is 1. The predicted molar refractivity (Wildman–Crippen MR) is 101 cm³/mol. The summed E-state index contributed by atoms with van der Waals surface area (Å²) in [5.74, 6) is 0.346. The molecule has 0 aliphatic carbocycles. The first-order chi connectivity index (χ1) is 13.9. The molecule has 0 bridgehead atoms. The Morgan fingerprint density at radius 1 is 1.10 bits per heavy atom. The summed E-state index contributed by atoms with van der Waals surface area (Å²) >= 11 is 0. The molecule has 9 heteroatoms. The van der Waals surface area contributed by atoms with Crippen molar-refractivity contribution in [2.75, 3.05) is 18.4 Å². The number of halogens is 3. The van der Waals surface area contributed by atoms with Gasteiger partial charge >= 0.3 is 12.2 Å². The molecule has 1 saturated heterocycles. The number of alkyl halides is 3. The van der Waals surface area contributed by atoms with E-state index in [1.165, 1.54) is 29.3 Å². The number of likely N-dealkylation sites (tertiary alicyclic amines) is 1. The number of carbonyl (C=O) groups excluding carboxylic acids is 1. The fraction of sp³-hybridized carbons (Fsp3) is 0.250. The molecule has 1 aliphatic rings. The van der Waals surface area contributed by atoms with Crippen molar-refractivity contribution in [3.8, 4) is 5.88 Å². The Bertz CT molecular complexity index is 1040. The number of fused-ring (bicyclic) bond motifs is 1. The second kappa shape index (κ2) is 7.57. The van der Waals surface area contributed by atoms with Crippen LogP contribution in [-0.2, 0) is 6.18 Å². The molecule has 0 spiro atoms. The second-order valence-electron chi connectivity index (χ2n) is 6.64. The molecule has 2 aromatic carbocycles. The topological polar surface area (TPSA) is 67.4 Å². The number of nitrogens with zero attached hydrogens (tertiary/aromatic N) is 3. The fourth-order valence-corrected chi connectivity index (χ4v) is 3.21. The van der Waals surface area contributed by atoms with Crippen LogP contribution in [0, 0.1) is 0 Å². The van der Waals surface area contributed by atoms with Crippen LogP contribution in [0.15, 0.2) is 54.7 Å². The van der Waals surface area contributed by atoms with E-state index in [9.17, 15) is 18.0 Å². The molecular formula is C20H17F3N4O2. The van der Waals surface area contributed by atoms with Crippen LogP contribution < -0.4 is 10.1 Å². The van der Waals surface area contributed by atoms with Crippen molar-refractivity contribution in [3.63, 3.8) is 0 Å². The first kappa shape index (κ1) is 19.0. The van der Waals surface area contributed by atoms with Crippen molar-refractivity contribution in [1.82, 2.24) is 14.9 Å². The summed E-state index contributed by atoms with van der Waals surface area (Å²) in [6.45, 7) is 0.611. The molecule has 1 aliphatic heterocycles. The average Bonchev–Trinajstić information content (AvgIpc) is 3.16. The SMILES string of the molecule is O=C(Nc1ccccc1C(F)(F)F)N1CCC(Oc2cnc3ccccc3n2)C1. The Labute approximate surface area is 164 Å². The molecule has 4 rings (SSSR count). The molecule has 3 aromatic rings. The van der Waals surface area contributed by atoms with Gasteiger partial charge in [-0.1, -0.05) is 24.3 Å². The second-order valence-corrected chi connectivity index (χ2v) is 6.64. The van der Waals surface area contributed by atoms with Gasteiger partial charge in [-0.25, -0.2) is 14.8 Å². The van der Waals surface area contributed by atoms with Crippen molar-refractivity contribution in [2.45, 2.75) is 18.7 Å². The Hall–Kier alpha value is -3.36. The lowest BCUT2D eigenvalue weighted by molar-refractivity contribution is -0.136. The van der Waals surface area contributed by atoms with Gasteiger partial charge in [-0.15, -0.1) is 0 Å². The van der Waals surface area contributed by atoms with Gasteiger partial charge in [0.1, 0.15) is 6.10 Å². The van der Waals surface area contributed by atoms with Crippen LogP contribution in [0.2, 0.25) is 0 Å². The quantitative estimate of drug-likeness (QED) is 0.708. The minimum absolute atomic E-state index is 0.245. The molecule has 1 fully saturated rings. The van der Waals surface area contributed by atoms with Crippen LogP contribution >= 0.6 is 0 Å². The normalized spacial score (nSPS) is 16.8. The van der Waals surface area contributed by atoms with E-state index in [1.807, 2.05) is 24.3 Å². The van der Waals surface area contributed by atoms with Gasteiger partial charge in [0, 0.05) is 13.0 Å². The van der Waals surface area contributed by atoms with Crippen LogP contribution in [0.3, 0.4) is 0 Å². The summed E-state index contributed by atoms with van der Waals surface area (Å²) in [7, 11) is 0. The highest BCUT2D eigenvalue weighted by Crippen LogP contribution is 2.34.